The number of hydrogen-bond acceptors (Lipinski definition) is 1. The summed E-state index contributed by atoms with van der Waals surface area (Å²) in [6, 6.07) is 7.87. The summed E-state index contributed by atoms with van der Waals surface area (Å²) in [5.41, 5.74) is 2.03. The summed E-state index contributed by atoms with van der Waals surface area (Å²) >= 11 is 0. The lowest BCUT2D eigenvalue weighted by Gasteiger charge is -2.10. The zero-order valence-corrected chi connectivity index (χ0v) is 9.57. The lowest BCUT2D eigenvalue weighted by Crippen LogP contribution is -2.15. The lowest BCUT2D eigenvalue weighted by atomic mass is 10.0. The maximum atomic E-state index is 11.8. The molecule has 0 spiro atoms. The predicted molar refractivity (Wildman–Crippen MR) is 66.3 cm³/mol. The minimum Gasteiger partial charge on any atom is -0.326 e. The van der Waals surface area contributed by atoms with Gasteiger partial charge in [0, 0.05) is 12.1 Å². The highest BCUT2D eigenvalue weighted by molar-refractivity contribution is 5.91. The highest BCUT2D eigenvalue weighted by Crippen LogP contribution is 2.21. The van der Waals surface area contributed by atoms with Crippen LogP contribution in [-0.4, -0.2) is 5.91 Å². The van der Waals surface area contributed by atoms with Crippen LogP contribution in [0.3, 0.4) is 0 Å². The van der Waals surface area contributed by atoms with Crippen molar-refractivity contribution in [3.63, 3.8) is 0 Å². The van der Waals surface area contributed by atoms with E-state index in [9.17, 15) is 4.79 Å². The quantitative estimate of drug-likeness (QED) is 0.770. The second kappa shape index (κ2) is 4.97. The lowest BCUT2D eigenvalue weighted by molar-refractivity contribution is -0.116. The average Bonchev–Trinajstić information content (AvgIpc) is 2.74. The summed E-state index contributed by atoms with van der Waals surface area (Å²) in [5, 5.41) is 2.96. The fraction of sp³-hybridized carbons (Fsp3) is 0.357. The zero-order chi connectivity index (χ0) is 11.4. The highest BCUT2D eigenvalue weighted by atomic mass is 16.1. The monoisotopic (exact) mass is 215 g/mol. The smallest absolute Gasteiger partial charge is 0.224 e. The van der Waals surface area contributed by atoms with Gasteiger partial charge in [-0.05, 0) is 37.3 Å². The number of rotatable bonds is 3. The van der Waals surface area contributed by atoms with Crippen LogP contribution in [0.4, 0.5) is 5.69 Å². The van der Waals surface area contributed by atoms with Gasteiger partial charge in [0.25, 0.3) is 0 Å². The van der Waals surface area contributed by atoms with Crippen LogP contribution in [0.15, 0.2) is 36.4 Å². The van der Waals surface area contributed by atoms with Crippen LogP contribution >= 0.6 is 0 Å². The number of hydrogen-bond donors (Lipinski definition) is 1. The molecule has 0 fully saturated rings. The molecule has 2 heteroatoms. The Kier molecular flexibility index (Phi) is 3.40. The third-order valence-electron chi connectivity index (χ3n) is 2.98. The molecule has 0 saturated carbocycles. The third-order valence-corrected chi connectivity index (χ3v) is 2.98. The first-order chi connectivity index (χ1) is 7.75. The largest absolute Gasteiger partial charge is 0.326 e. The fourth-order valence-electron chi connectivity index (χ4n) is 2.02. The van der Waals surface area contributed by atoms with E-state index >= 15 is 0 Å². The van der Waals surface area contributed by atoms with Crippen LogP contribution in [-0.2, 0) is 4.79 Å². The normalized spacial score (nSPS) is 18.7. The number of para-hydroxylation sites is 1. The van der Waals surface area contributed by atoms with Crippen molar-refractivity contribution in [2.24, 2.45) is 5.92 Å². The standard InChI is InChI=1S/C14H17NO/c1-11-6-2-5-9-13(11)15-14(16)10-12-7-3-4-8-12/h2-3,5-7,9,12H,4,8,10H2,1H3,(H,15,16). The Morgan fingerprint density at radius 2 is 2.25 bits per heavy atom. The summed E-state index contributed by atoms with van der Waals surface area (Å²) in [7, 11) is 0. The van der Waals surface area contributed by atoms with Crippen molar-refractivity contribution in [1.82, 2.24) is 0 Å². The maximum absolute atomic E-state index is 11.8. The first-order valence-electron chi connectivity index (χ1n) is 5.78. The van der Waals surface area contributed by atoms with E-state index in [1.54, 1.807) is 0 Å². The molecular weight excluding hydrogens is 198 g/mol. The van der Waals surface area contributed by atoms with Gasteiger partial charge >= 0.3 is 0 Å². The molecular formula is C14H17NO. The summed E-state index contributed by atoms with van der Waals surface area (Å²) < 4.78 is 0. The molecule has 0 heterocycles. The number of allylic oxidation sites excluding steroid dienone is 2. The van der Waals surface area contributed by atoms with Crippen LogP contribution in [0.2, 0.25) is 0 Å². The van der Waals surface area contributed by atoms with Crippen LogP contribution < -0.4 is 5.32 Å². The summed E-state index contributed by atoms with van der Waals surface area (Å²) in [6.45, 7) is 2.01. The number of carbonyl (C=O) groups is 1. The molecule has 1 aliphatic rings. The molecule has 0 bridgehead atoms. The molecule has 84 valence electrons. The van der Waals surface area contributed by atoms with Crippen molar-refractivity contribution in [1.29, 1.82) is 0 Å². The predicted octanol–water partition coefficient (Wildman–Crippen LogP) is 3.29. The van der Waals surface area contributed by atoms with Gasteiger partial charge in [0.15, 0.2) is 0 Å². The van der Waals surface area contributed by atoms with E-state index in [0.717, 1.165) is 24.1 Å². The molecule has 1 amide bonds. The first-order valence-corrected chi connectivity index (χ1v) is 5.78. The van der Waals surface area contributed by atoms with Gasteiger partial charge in [-0.2, -0.15) is 0 Å². The number of carbonyl (C=O) groups excluding carboxylic acids is 1. The number of aryl methyl sites for hydroxylation is 1. The van der Waals surface area contributed by atoms with Crippen molar-refractivity contribution in [2.75, 3.05) is 5.32 Å². The Hall–Kier alpha value is -1.57. The first kappa shape index (κ1) is 10.9. The summed E-state index contributed by atoms with van der Waals surface area (Å²) in [5.74, 6) is 0.551. The molecule has 1 unspecified atom stereocenters. The Bertz CT molecular complexity index is 409. The van der Waals surface area contributed by atoms with Crippen LogP contribution in [0.5, 0.6) is 0 Å². The molecule has 1 aromatic carbocycles. The maximum Gasteiger partial charge on any atom is 0.224 e. The number of benzene rings is 1. The molecule has 16 heavy (non-hydrogen) atoms. The van der Waals surface area contributed by atoms with Gasteiger partial charge < -0.3 is 5.32 Å². The van der Waals surface area contributed by atoms with Gasteiger partial charge in [0.1, 0.15) is 0 Å². The average molecular weight is 215 g/mol. The van der Waals surface area contributed by atoms with Gasteiger partial charge in [-0.15, -0.1) is 0 Å². The van der Waals surface area contributed by atoms with Crippen molar-refractivity contribution in [3.8, 4) is 0 Å². The van der Waals surface area contributed by atoms with Crippen molar-refractivity contribution in [3.05, 3.63) is 42.0 Å². The Morgan fingerprint density at radius 1 is 1.44 bits per heavy atom. The number of nitrogens with one attached hydrogen (secondary N) is 1. The molecule has 0 aromatic heterocycles. The second-order valence-electron chi connectivity index (χ2n) is 4.33. The molecule has 1 aliphatic carbocycles. The molecule has 2 nitrogen and oxygen atoms in total. The molecule has 0 saturated heterocycles. The topological polar surface area (TPSA) is 29.1 Å². The highest BCUT2D eigenvalue weighted by Gasteiger charge is 2.14. The third kappa shape index (κ3) is 2.72. The fourth-order valence-corrected chi connectivity index (χ4v) is 2.02. The molecule has 2 rings (SSSR count). The zero-order valence-electron chi connectivity index (χ0n) is 9.57. The molecule has 0 aliphatic heterocycles. The van der Waals surface area contributed by atoms with Crippen molar-refractivity contribution >= 4 is 11.6 Å². The van der Waals surface area contributed by atoms with E-state index in [4.69, 9.17) is 0 Å². The van der Waals surface area contributed by atoms with E-state index in [-0.39, 0.29) is 5.91 Å². The molecule has 1 atom stereocenters. The number of anilines is 1. The Morgan fingerprint density at radius 3 is 2.94 bits per heavy atom. The second-order valence-corrected chi connectivity index (χ2v) is 4.33. The van der Waals surface area contributed by atoms with E-state index in [1.165, 1.54) is 0 Å². The summed E-state index contributed by atoms with van der Waals surface area (Å²) in [4.78, 5) is 11.8. The minimum absolute atomic E-state index is 0.117. The van der Waals surface area contributed by atoms with Crippen LogP contribution in [0.25, 0.3) is 0 Å². The summed E-state index contributed by atoms with van der Waals surface area (Å²) in [6.07, 6.45) is 7.14. The van der Waals surface area contributed by atoms with Gasteiger partial charge in [-0.1, -0.05) is 30.4 Å². The van der Waals surface area contributed by atoms with Gasteiger partial charge in [-0.25, -0.2) is 0 Å². The van der Waals surface area contributed by atoms with Gasteiger partial charge in [-0.3, -0.25) is 4.79 Å². The van der Waals surface area contributed by atoms with Gasteiger partial charge in [0.2, 0.25) is 5.91 Å². The Balaban J connectivity index is 1.92. The molecule has 0 radical (unpaired) electrons. The number of amides is 1. The van der Waals surface area contributed by atoms with E-state index in [2.05, 4.69) is 17.5 Å². The SMILES string of the molecule is Cc1ccccc1NC(=O)CC1C=CCC1. The molecule has 1 N–H and O–H groups in total. The minimum atomic E-state index is 0.117. The van der Waals surface area contributed by atoms with E-state index in [1.807, 2.05) is 31.2 Å². The van der Waals surface area contributed by atoms with Crippen molar-refractivity contribution < 1.29 is 4.79 Å². The van der Waals surface area contributed by atoms with Gasteiger partial charge in [0.05, 0.1) is 0 Å². The van der Waals surface area contributed by atoms with Crippen LogP contribution in [0, 0.1) is 12.8 Å². The Labute approximate surface area is 96.4 Å². The van der Waals surface area contributed by atoms with Crippen molar-refractivity contribution in [2.45, 2.75) is 26.2 Å². The molecule has 1 aromatic rings. The van der Waals surface area contributed by atoms with E-state index in [0.29, 0.717) is 12.3 Å². The van der Waals surface area contributed by atoms with Crippen LogP contribution in [0.1, 0.15) is 24.8 Å². The van der Waals surface area contributed by atoms with E-state index < -0.39 is 0 Å².